The molecule has 0 atom stereocenters. The van der Waals surface area contributed by atoms with Crippen molar-refractivity contribution >= 4 is 41.5 Å². The Morgan fingerprint density at radius 3 is 2.83 bits per heavy atom. The molecule has 1 saturated carbocycles. The molecule has 0 radical (unpaired) electrons. The summed E-state index contributed by atoms with van der Waals surface area (Å²) in [4.78, 5) is 4.38. The first-order valence-corrected chi connectivity index (χ1v) is 11.2. The van der Waals surface area contributed by atoms with Gasteiger partial charge in [0.25, 0.3) is 0 Å². The number of hydrogen-bond donors (Lipinski definition) is 2. The number of rotatable bonds is 7. The second kappa shape index (κ2) is 10.8. The average Bonchev–Trinajstić information content (AvgIpc) is 3.48. The molecule has 8 heteroatoms. The first kappa shape index (κ1) is 23.3. The van der Waals surface area contributed by atoms with Crippen molar-refractivity contribution in [3.8, 4) is 0 Å². The zero-order valence-corrected chi connectivity index (χ0v) is 20.7. The largest absolute Gasteiger partial charge is 0.356 e. The minimum absolute atomic E-state index is 0. The molecule has 2 aliphatic rings. The van der Waals surface area contributed by atoms with Crippen LogP contribution in [0.2, 0.25) is 5.02 Å². The predicted octanol–water partition coefficient (Wildman–Crippen LogP) is 4.11. The van der Waals surface area contributed by atoms with Crippen LogP contribution in [-0.2, 0) is 24.8 Å². The van der Waals surface area contributed by atoms with E-state index in [0.717, 1.165) is 55.7 Å². The third-order valence-corrected chi connectivity index (χ3v) is 6.40. The molecule has 1 aliphatic heterocycles. The molecule has 164 valence electrons. The minimum atomic E-state index is 0. The van der Waals surface area contributed by atoms with Crippen LogP contribution in [0.1, 0.15) is 55.7 Å². The van der Waals surface area contributed by atoms with E-state index in [-0.39, 0.29) is 29.4 Å². The summed E-state index contributed by atoms with van der Waals surface area (Å²) in [7, 11) is 1.83. The molecule has 0 amide bonds. The predicted molar refractivity (Wildman–Crippen MR) is 133 cm³/mol. The Kier molecular flexibility index (Phi) is 8.39. The highest BCUT2D eigenvalue weighted by Crippen LogP contribution is 2.48. The maximum Gasteiger partial charge on any atom is 0.191 e. The molecular formula is C22H32ClIN6. The molecule has 1 aliphatic carbocycles. The third kappa shape index (κ3) is 5.66. The number of benzene rings is 1. The van der Waals surface area contributed by atoms with Gasteiger partial charge in [0.15, 0.2) is 5.96 Å². The molecule has 0 bridgehead atoms. The second-order valence-electron chi connectivity index (χ2n) is 8.24. The maximum atomic E-state index is 6.18. The highest BCUT2D eigenvalue weighted by molar-refractivity contribution is 14.0. The molecule has 6 nitrogen and oxygen atoms in total. The lowest BCUT2D eigenvalue weighted by Gasteiger charge is -2.19. The van der Waals surface area contributed by atoms with Gasteiger partial charge in [0.2, 0.25) is 0 Å². The number of nitrogens with one attached hydrogen (secondary N) is 2. The lowest BCUT2D eigenvalue weighted by molar-refractivity contribution is 0.592. The van der Waals surface area contributed by atoms with Crippen molar-refractivity contribution in [1.29, 1.82) is 0 Å². The first-order chi connectivity index (χ1) is 14.2. The van der Waals surface area contributed by atoms with E-state index in [1.165, 1.54) is 43.5 Å². The molecule has 1 fully saturated rings. The zero-order chi connectivity index (χ0) is 20.1. The van der Waals surface area contributed by atoms with Crippen molar-refractivity contribution in [3.05, 3.63) is 46.5 Å². The van der Waals surface area contributed by atoms with Crippen molar-refractivity contribution < 1.29 is 0 Å². The van der Waals surface area contributed by atoms with Crippen molar-refractivity contribution in [3.63, 3.8) is 0 Å². The molecule has 0 unspecified atom stereocenters. The zero-order valence-electron chi connectivity index (χ0n) is 17.7. The Morgan fingerprint density at radius 1 is 1.20 bits per heavy atom. The summed E-state index contributed by atoms with van der Waals surface area (Å²) in [6, 6.07) is 8.24. The monoisotopic (exact) mass is 542 g/mol. The molecular weight excluding hydrogens is 511 g/mol. The number of halogens is 2. The maximum absolute atomic E-state index is 6.18. The lowest BCUT2D eigenvalue weighted by atomic mass is 9.96. The number of guanidine groups is 1. The Labute approximate surface area is 201 Å². The fraction of sp³-hybridized carbons (Fsp3) is 0.591. The van der Waals surface area contributed by atoms with Gasteiger partial charge in [-0.1, -0.05) is 30.2 Å². The van der Waals surface area contributed by atoms with E-state index >= 15 is 0 Å². The van der Waals surface area contributed by atoms with Gasteiger partial charge in [-0.05, 0) is 49.8 Å². The summed E-state index contributed by atoms with van der Waals surface area (Å²) in [5, 5.41) is 16.6. The molecule has 1 aromatic heterocycles. The summed E-state index contributed by atoms with van der Waals surface area (Å²) in [5.74, 6) is 3.15. The minimum Gasteiger partial charge on any atom is -0.356 e. The number of hydrogen-bond acceptors (Lipinski definition) is 3. The quantitative estimate of drug-likeness (QED) is 0.239. The van der Waals surface area contributed by atoms with Gasteiger partial charge >= 0.3 is 0 Å². The lowest BCUT2D eigenvalue weighted by Crippen LogP contribution is -2.41. The SMILES string of the molecule is CN=C(NCCCc1nnc2n1CCCCC2)NCC1(c2cccc(Cl)c2)CC1.I. The van der Waals surface area contributed by atoms with Crippen molar-refractivity contribution in [2.24, 2.45) is 4.99 Å². The number of aliphatic imine (C=N–C) groups is 1. The fourth-order valence-corrected chi connectivity index (χ4v) is 4.38. The van der Waals surface area contributed by atoms with E-state index in [1.807, 2.05) is 19.2 Å². The Hall–Kier alpha value is -1.35. The van der Waals surface area contributed by atoms with Crippen LogP contribution in [0.5, 0.6) is 0 Å². The van der Waals surface area contributed by atoms with Gasteiger partial charge in [0.05, 0.1) is 0 Å². The van der Waals surface area contributed by atoms with Crippen LogP contribution in [0.15, 0.2) is 29.3 Å². The van der Waals surface area contributed by atoms with Crippen LogP contribution in [0.3, 0.4) is 0 Å². The number of aryl methyl sites for hydroxylation is 2. The topological polar surface area (TPSA) is 67.1 Å². The van der Waals surface area contributed by atoms with Crippen LogP contribution >= 0.6 is 35.6 Å². The fourth-order valence-electron chi connectivity index (χ4n) is 4.19. The standard InChI is InChI=1S/C22H31ClN6.HI/c1-24-21(26-16-22(11-12-22)17-7-5-8-18(23)15-17)25-13-6-10-20-28-27-19-9-3-2-4-14-29(19)20;/h5,7-8,15H,2-4,6,9-14,16H2,1H3,(H2,24,25,26);1H. The van der Waals surface area contributed by atoms with Crippen LogP contribution in [0.25, 0.3) is 0 Å². The van der Waals surface area contributed by atoms with E-state index in [0.29, 0.717) is 0 Å². The molecule has 2 aromatic rings. The van der Waals surface area contributed by atoms with Crippen molar-refractivity contribution in [2.45, 2.75) is 63.3 Å². The van der Waals surface area contributed by atoms with Crippen molar-refractivity contribution in [2.75, 3.05) is 20.1 Å². The molecule has 4 rings (SSSR count). The van der Waals surface area contributed by atoms with Gasteiger partial charge in [-0.15, -0.1) is 34.2 Å². The highest BCUT2D eigenvalue weighted by atomic mass is 127. The van der Waals surface area contributed by atoms with Crippen LogP contribution in [-0.4, -0.2) is 40.9 Å². The summed E-state index contributed by atoms with van der Waals surface area (Å²) in [6.45, 7) is 2.82. The molecule has 2 N–H and O–H groups in total. The van der Waals surface area contributed by atoms with E-state index < -0.39 is 0 Å². The van der Waals surface area contributed by atoms with Crippen LogP contribution < -0.4 is 10.6 Å². The van der Waals surface area contributed by atoms with Crippen LogP contribution in [0, 0.1) is 0 Å². The Morgan fingerprint density at radius 2 is 2.07 bits per heavy atom. The summed E-state index contributed by atoms with van der Waals surface area (Å²) < 4.78 is 2.34. The van der Waals surface area contributed by atoms with Gasteiger partial charge in [-0.25, -0.2) is 0 Å². The van der Waals surface area contributed by atoms with Gasteiger partial charge in [-0.3, -0.25) is 4.99 Å². The summed E-state index contributed by atoms with van der Waals surface area (Å²) in [5.41, 5.74) is 1.52. The molecule has 30 heavy (non-hydrogen) atoms. The number of fused-ring (bicyclic) bond motifs is 1. The Balaban J connectivity index is 0.00000256. The second-order valence-corrected chi connectivity index (χ2v) is 8.68. The summed E-state index contributed by atoms with van der Waals surface area (Å²) >= 11 is 6.18. The molecule has 2 heterocycles. The first-order valence-electron chi connectivity index (χ1n) is 10.8. The smallest absolute Gasteiger partial charge is 0.191 e. The molecule has 0 spiro atoms. The highest BCUT2D eigenvalue weighted by Gasteiger charge is 2.44. The van der Waals surface area contributed by atoms with E-state index in [1.54, 1.807) is 0 Å². The van der Waals surface area contributed by atoms with E-state index in [2.05, 4.69) is 42.5 Å². The normalized spacial score (nSPS) is 17.5. The van der Waals surface area contributed by atoms with Gasteiger partial charge < -0.3 is 15.2 Å². The third-order valence-electron chi connectivity index (χ3n) is 6.16. The average molecular weight is 543 g/mol. The van der Waals surface area contributed by atoms with Gasteiger partial charge in [0.1, 0.15) is 11.6 Å². The molecule has 0 saturated heterocycles. The van der Waals surface area contributed by atoms with E-state index in [4.69, 9.17) is 11.6 Å². The summed E-state index contributed by atoms with van der Waals surface area (Å²) in [6.07, 6.45) is 9.17. The van der Waals surface area contributed by atoms with Gasteiger partial charge in [-0.2, -0.15) is 0 Å². The van der Waals surface area contributed by atoms with Gasteiger partial charge in [0, 0.05) is 50.0 Å². The van der Waals surface area contributed by atoms with Crippen molar-refractivity contribution in [1.82, 2.24) is 25.4 Å². The van der Waals surface area contributed by atoms with E-state index in [9.17, 15) is 0 Å². The Bertz CT molecular complexity index is 861. The molecule has 1 aromatic carbocycles. The van der Waals surface area contributed by atoms with Crippen LogP contribution in [0.4, 0.5) is 0 Å². The number of nitrogens with zero attached hydrogens (tertiary/aromatic N) is 4. The number of aromatic nitrogens is 3.